The molecule has 26 heavy (non-hydrogen) atoms. The van der Waals surface area contributed by atoms with E-state index in [4.69, 9.17) is 4.74 Å². The van der Waals surface area contributed by atoms with E-state index in [0.717, 1.165) is 11.3 Å². The molecule has 0 unspecified atom stereocenters. The maximum atomic E-state index is 12.2. The Bertz CT molecular complexity index is 878. The highest BCUT2D eigenvalue weighted by atomic mass is 16.5. The maximum Gasteiger partial charge on any atom is 0.262 e. The smallest absolute Gasteiger partial charge is 0.262 e. The van der Waals surface area contributed by atoms with Crippen LogP contribution in [0.4, 0.5) is 17.2 Å². The number of phenolic OH excluding ortho intramolecular Hbond substituents is 1. The number of nitrogens with zero attached hydrogens (tertiary/aromatic N) is 1. The van der Waals surface area contributed by atoms with Gasteiger partial charge in [-0.25, -0.2) is 4.98 Å². The molecule has 0 saturated heterocycles. The third-order valence-corrected chi connectivity index (χ3v) is 3.60. The van der Waals surface area contributed by atoms with Gasteiger partial charge in [0, 0.05) is 11.9 Å². The molecule has 0 fully saturated rings. The van der Waals surface area contributed by atoms with E-state index < -0.39 is 0 Å². The SMILES string of the molecule is Cc1ccc(OCC(=O)Nc2cccnc2Nc2ccc(O)cc2)cc1. The van der Waals surface area contributed by atoms with Gasteiger partial charge in [-0.1, -0.05) is 17.7 Å². The first kappa shape index (κ1) is 17.3. The number of benzene rings is 2. The van der Waals surface area contributed by atoms with Gasteiger partial charge in [0.15, 0.2) is 12.4 Å². The van der Waals surface area contributed by atoms with Gasteiger partial charge in [0.05, 0.1) is 5.69 Å². The van der Waals surface area contributed by atoms with Crippen molar-refractivity contribution in [3.63, 3.8) is 0 Å². The molecule has 0 aliphatic carbocycles. The molecule has 0 radical (unpaired) electrons. The average molecular weight is 349 g/mol. The van der Waals surface area contributed by atoms with Gasteiger partial charge >= 0.3 is 0 Å². The minimum atomic E-state index is -0.285. The van der Waals surface area contributed by atoms with E-state index in [-0.39, 0.29) is 18.3 Å². The van der Waals surface area contributed by atoms with Crippen LogP contribution in [0.3, 0.4) is 0 Å². The number of ether oxygens (including phenoxy) is 1. The van der Waals surface area contributed by atoms with Crippen LogP contribution >= 0.6 is 0 Å². The highest BCUT2D eigenvalue weighted by Gasteiger charge is 2.09. The molecule has 0 aliphatic heterocycles. The third-order valence-electron chi connectivity index (χ3n) is 3.60. The van der Waals surface area contributed by atoms with Gasteiger partial charge in [-0.15, -0.1) is 0 Å². The zero-order valence-electron chi connectivity index (χ0n) is 14.3. The number of nitrogens with one attached hydrogen (secondary N) is 2. The van der Waals surface area contributed by atoms with Gasteiger partial charge in [-0.05, 0) is 55.5 Å². The Morgan fingerprint density at radius 3 is 2.54 bits per heavy atom. The number of aromatic hydroxyl groups is 1. The second kappa shape index (κ2) is 8.02. The summed E-state index contributed by atoms with van der Waals surface area (Å²) < 4.78 is 5.49. The topological polar surface area (TPSA) is 83.5 Å². The predicted molar refractivity (Wildman–Crippen MR) is 101 cm³/mol. The molecule has 1 heterocycles. The van der Waals surface area contributed by atoms with Crippen molar-refractivity contribution in [2.45, 2.75) is 6.92 Å². The fraction of sp³-hybridized carbons (Fsp3) is 0.100. The lowest BCUT2D eigenvalue weighted by Gasteiger charge is -2.12. The second-order valence-corrected chi connectivity index (χ2v) is 5.72. The zero-order valence-corrected chi connectivity index (χ0v) is 14.3. The van der Waals surface area contributed by atoms with Crippen molar-refractivity contribution in [1.29, 1.82) is 0 Å². The number of aromatic nitrogens is 1. The summed E-state index contributed by atoms with van der Waals surface area (Å²) in [5.41, 5.74) is 2.41. The van der Waals surface area contributed by atoms with Crippen molar-refractivity contribution < 1.29 is 14.6 Å². The maximum absolute atomic E-state index is 12.2. The number of hydrogen-bond donors (Lipinski definition) is 3. The van der Waals surface area contributed by atoms with E-state index in [1.54, 1.807) is 42.6 Å². The van der Waals surface area contributed by atoms with Gasteiger partial charge in [0.1, 0.15) is 11.5 Å². The van der Waals surface area contributed by atoms with Gasteiger partial charge in [0.2, 0.25) is 0 Å². The fourth-order valence-electron chi connectivity index (χ4n) is 2.26. The van der Waals surface area contributed by atoms with Crippen molar-refractivity contribution in [2.24, 2.45) is 0 Å². The van der Waals surface area contributed by atoms with E-state index in [9.17, 15) is 9.90 Å². The van der Waals surface area contributed by atoms with Crippen LogP contribution in [0.5, 0.6) is 11.5 Å². The summed E-state index contributed by atoms with van der Waals surface area (Å²) in [6, 6.07) is 17.6. The monoisotopic (exact) mass is 349 g/mol. The molecule has 1 amide bonds. The number of carbonyl (C=O) groups excluding carboxylic acids is 1. The number of hydrogen-bond acceptors (Lipinski definition) is 5. The highest BCUT2D eigenvalue weighted by Crippen LogP contribution is 2.24. The largest absolute Gasteiger partial charge is 0.508 e. The Labute approximate surface area is 151 Å². The van der Waals surface area contributed by atoms with E-state index in [0.29, 0.717) is 17.3 Å². The Kier molecular flexibility index (Phi) is 5.34. The standard InChI is InChI=1S/C20H19N3O3/c1-14-4-10-17(11-5-14)26-13-19(25)23-18-3-2-12-21-20(18)22-15-6-8-16(24)9-7-15/h2-12,24H,13H2,1H3,(H,21,22)(H,23,25). The molecule has 3 N–H and O–H groups in total. The van der Waals surface area contributed by atoms with E-state index >= 15 is 0 Å². The Balaban J connectivity index is 1.62. The molecule has 2 aromatic carbocycles. The van der Waals surface area contributed by atoms with Gasteiger partial charge in [-0.3, -0.25) is 4.79 Å². The van der Waals surface area contributed by atoms with E-state index in [2.05, 4.69) is 15.6 Å². The van der Waals surface area contributed by atoms with Crippen LogP contribution in [0.15, 0.2) is 66.9 Å². The first-order valence-electron chi connectivity index (χ1n) is 8.10. The van der Waals surface area contributed by atoms with Crippen LogP contribution in [0, 0.1) is 6.92 Å². The number of anilines is 3. The molecule has 6 nitrogen and oxygen atoms in total. The highest BCUT2D eigenvalue weighted by molar-refractivity contribution is 5.95. The molecule has 0 saturated carbocycles. The molecule has 132 valence electrons. The van der Waals surface area contributed by atoms with Crippen LogP contribution < -0.4 is 15.4 Å². The summed E-state index contributed by atoms with van der Waals surface area (Å²) in [7, 11) is 0. The van der Waals surface area contributed by atoms with Crippen molar-refractivity contribution in [3.05, 3.63) is 72.4 Å². The number of pyridine rings is 1. The number of amides is 1. The van der Waals surface area contributed by atoms with Crippen LogP contribution in [-0.4, -0.2) is 22.6 Å². The molecule has 1 aromatic heterocycles. The molecular formula is C20H19N3O3. The normalized spacial score (nSPS) is 10.2. The molecule has 0 spiro atoms. The minimum absolute atomic E-state index is 0.101. The summed E-state index contributed by atoms with van der Waals surface area (Å²) in [5.74, 6) is 1.03. The van der Waals surface area contributed by atoms with Crippen molar-refractivity contribution in [2.75, 3.05) is 17.2 Å². The summed E-state index contributed by atoms with van der Waals surface area (Å²) >= 11 is 0. The van der Waals surface area contributed by atoms with Crippen LogP contribution in [-0.2, 0) is 4.79 Å². The molecule has 3 aromatic rings. The van der Waals surface area contributed by atoms with Crippen molar-refractivity contribution >= 4 is 23.1 Å². The number of phenols is 1. The van der Waals surface area contributed by atoms with Crippen molar-refractivity contribution in [3.8, 4) is 11.5 Å². The lowest BCUT2D eigenvalue weighted by atomic mass is 10.2. The summed E-state index contributed by atoms with van der Waals surface area (Å²) in [6.07, 6.45) is 1.63. The Morgan fingerprint density at radius 2 is 1.81 bits per heavy atom. The quantitative estimate of drug-likeness (QED) is 0.589. The van der Waals surface area contributed by atoms with Crippen LogP contribution in [0.2, 0.25) is 0 Å². The molecule has 6 heteroatoms. The third kappa shape index (κ3) is 4.73. The summed E-state index contributed by atoms with van der Waals surface area (Å²) in [6.45, 7) is 1.89. The number of rotatable bonds is 6. The first-order chi connectivity index (χ1) is 12.6. The molecule has 0 bridgehead atoms. The lowest BCUT2D eigenvalue weighted by Crippen LogP contribution is -2.21. The number of aryl methyl sites for hydroxylation is 1. The molecule has 3 rings (SSSR count). The lowest BCUT2D eigenvalue weighted by molar-refractivity contribution is -0.118. The van der Waals surface area contributed by atoms with Crippen LogP contribution in [0.1, 0.15) is 5.56 Å². The van der Waals surface area contributed by atoms with Crippen LogP contribution in [0.25, 0.3) is 0 Å². The second-order valence-electron chi connectivity index (χ2n) is 5.72. The first-order valence-corrected chi connectivity index (χ1v) is 8.10. The fourth-order valence-corrected chi connectivity index (χ4v) is 2.26. The van der Waals surface area contributed by atoms with Gasteiger partial charge in [-0.2, -0.15) is 0 Å². The molecular weight excluding hydrogens is 330 g/mol. The Morgan fingerprint density at radius 1 is 1.08 bits per heavy atom. The minimum Gasteiger partial charge on any atom is -0.508 e. The number of carbonyl (C=O) groups is 1. The summed E-state index contributed by atoms with van der Waals surface area (Å²) in [5, 5.41) is 15.2. The zero-order chi connectivity index (χ0) is 18.4. The van der Waals surface area contributed by atoms with Gasteiger partial charge < -0.3 is 20.5 Å². The van der Waals surface area contributed by atoms with Gasteiger partial charge in [0.25, 0.3) is 5.91 Å². The summed E-state index contributed by atoms with van der Waals surface area (Å²) in [4.78, 5) is 16.4. The molecule has 0 aliphatic rings. The Hall–Kier alpha value is -3.54. The van der Waals surface area contributed by atoms with E-state index in [1.807, 2.05) is 31.2 Å². The molecule has 0 atom stereocenters. The van der Waals surface area contributed by atoms with E-state index in [1.165, 1.54) is 0 Å². The van der Waals surface area contributed by atoms with Crippen molar-refractivity contribution in [1.82, 2.24) is 4.98 Å². The average Bonchev–Trinajstić information content (AvgIpc) is 2.65. The predicted octanol–water partition coefficient (Wildman–Crippen LogP) is 3.86.